The Balaban J connectivity index is 2.60. The number of hydrogen-bond donors (Lipinski definition) is 1. The zero-order valence-corrected chi connectivity index (χ0v) is 9.65. The average molecular weight is 254 g/mol. The number of carbonyl (C=O) groups is 1. The monoisotopic (exact) mass is 254 g/mol. The Hall–Kier alpha value is -1.75. The van der Waals surface area contributed by atoms with Crippen LogP contribution in [0, 0.1) is 18.6 Å². The van der Waals surface area contributed by atoms with Crippen LogP contribution in [0.3, 0.4) is 0 Å². The van der Waals surface area contributed by atoms with Gasteiger partial charge < -0.3 is 5.11 Å². The molecule has 0 saturated heterocycles. The fraction of sp³-hybridized carbons (Fsp3) is 0.0833. The summed E-state index contributed by atoms with van der Waals surface area (Å²) in [6.07, 6.45) is 0. The van der Waals surface area contributed by atoms with Crippen LogP contribution in [0.5, 0.6) is 0 Å². The Morgan fingerprint density at radius 3 is 2.53 bits per heavy atom. The highest BCUT2D eigenvalue weighted by Crippen LogP contribution is 2.33. The first-order valence-corrected chi connectivity index (χ1v) is 5.60. The molecule has 0 amide bonds. The summed E-state index contributed by atoms with van der Waals surface area (Å²) in [6.45, 7) is 1.53. The molecule has 1 heterocycles. The molecular formula is C12H8F2O2S. The van der Waals surface area contributed by atoms with E-state index in [-0.39, 0.29) is 15.3 Å². The summed E-state index contributed by atoms with van der Waals surface area (Å²) in [5, 5.41) is 8.76. The molecule has 5 heteroatoms. The molecule has 88 valence electrons. The molecule has 2 rings (SSSR count). The number of aryl methyl sites for hydroxylation is 1. The van der Waals surface area contributed by atoms with Gasteiger partial charge in [0, 0.05) is 4.88 Å². The van der Waals surface area contributed by atoms with Gasteiger partial charge in [0.1, 0.15) is 16.5 Å². The standard InChI is InChI=1S/C12H8F2O2S/c1-6-2-3-7(13)10(11(6)14)8-4-5-9(17-8)12(15)16/h2-5H,1H3,(H,15,16). The van der Waals surface area contributed by atoms with Crippen molar-refractivity contribution in [3.63, 3.8) is 0 Å². The van der Waals surface area contributed by atoms with E-state index in [0.29, 0.717) is 5.56 Å². The molecule has 1 aromatic carbocycles. The first kappa shape index (κ1) is 11.7. The number of hydrogen-bond acceptors (Lipinski definition) is 2. The molecule has 0 aliphatic carbocycles. The third-order valence-corrected chi connectivity index (χ3v) is 3.44. The van der Waals surface area contributed by atoms with Gasteiger partial charge in [0.25, 0.3) is 0 Å². The summed E-state index contributed by atoms with van der Waals surface area (Å²) in [5.41, 5.74) is 0.161. The topological polar surface area (TPSA) is 37.3 Å². The van der Waals surface area contributed by atoms with Gasteiger partial charge in [0.15, 0.2) is 0 Å². The maximum absolute atomic E-state index is 13.8. The Bertz CT molecular complexity index is 590. The van der Waals surface area contributed by atoms with E-state index >= 15 is 0 Å². The summed E-state index contributed by atoms with van der Waals surface area (Å²) in [4.78, 5) is 11.0. The van der Waals surface area contributed by atoms with E-state index in [1.807, 2.05) is 0 Å². The van der Waals surface area contributed by atoms with Gasteiger partial charge in [0.05, 0.1) is 5.56 Å². The van der Waals surface area contributed by atoms with E-state index in [4.69, 9.17) is 5.11 Å². The lowest BCUT2D eigenvalue weighted by atomic mass is 10.1. The second-order valence-corrected chi connectivity index (χ2v) is 4.61. The van der Waals surface area contributed by atoms with Crippen molar-refractivity contribution in [2.75, 3.05) is 0 Å². The lowest BCUT2D eigenvalue weighted by Crippen LogP contribution is -1.91. The van der Waals surface area contributed by atoms with Gasteiger partial charge in [-0.3, -0.25) is 0 Å². The lowest BCUT2D eigenvalue weighted by Gasteiger charge is -2.04. The highest BCUT2D eigenvalue weighted by Gasteiger charge is 2.17. The molecule has 0 spiro atoms. The van der Waals surface area contributed by atoms with Crippen LogP contribution in [0.1, 0.15) is 15.2 Å². The SMILES string of the molecule is Cc1ccc(F)c(-c2ccc(C(=O)O)s2)c1F. The normalized spacial score (nSPS) is 10.5. The largest absolute Gasteiger partial charge is 0.477 e. The Morgan fingerprint density at radius 1 is 1.24 bits per heavy atom. The van der Waals surface area contributed by atoms with Crippen LogP contribution < -0.4 is 0 Å². The molecule has 0 fully saturated rings. The van der Waals surface area contributed by atoms with Crippen LogP contribution in [0.15, 0.2) is 24.3 Å². The summed E-state index contributed by atoms with van der Waals surface area (Å²) in [5.74, 6) is -2.44. The maximum Gasteiger partial charge on any atom is 0.345 e. The summed E-state index contributed by atoms with van der Waals surface area (Å²) >= 11 is 0.852. The number of halogens is 2. The van der Waals surface area contributed by atoms with Crippen molar-refractivity contribution in [1.82, 2.24) is 0 Å². The van der Waals surface area contributed by atoms with E-state index in [1.54, 1.807) is 0 Å². The minimum atomic E-state index is -1.10. The van der Waals surface area contributed by atoms with E-state index in [1.165, 1.54) is 31.2 Å². The second kappa shape index (κ2) is 4.25. The number of carboxylic acids is 1. The summed E-state index contributed by atoms with van der Waals surface area (Å²) in [6, 6.07) is 5.27. The molecule has 0 aliphatic rings. The van der Waals surface area contributed by atoms with Gasteiger partial charge in [-0.1, -0.05) is 6.07 Å². The van der Waals surface area contributed by atoms with Crippen LogP contribution in [0.25, 0.3) is 10.4 Å². The van der Waals surface area contributed by atoms with Gasteiger partial charge in [-0.05, 0) is 30.7 Å². The zero-order valence-electron chi connectivity index (χ0n) is 8.83. The van der Waals surface area contributed by atoms with E-state index in [2.05, 4.69) is 0 Å². The van der Waals surface area contributed by atoms with E-state index in [0.717, 1.165) is 11.3 Å². The first-order valence-electron chi connectivity index (χ1n) is 4.79. The third-order valence-electron chi connectivity index (χ3n) is 2.35. The molecule has 0 saturated carbocycles. The minimum Gasteiger partial charge on any atom is -0.477 e. The molecule has 0 atom stereocenters. The van der Waals surface area contributed by atoms with Crippen molar-refractivity contribution < 1.29 is 18.7 Å². The zero-order chi connectivity index (χ0) is 12.6. The first-order chi connectivity index (χ1) is 8.00. The van der Waals surface area contributed by atoms with Crippen molar-refractivity contribution in [3.8, 4) is 10.4 Å². The number of thiophene rings is 1. The molecular weight excluding hydrogens is 246 g/mol. The Labute approximate surface area is 100 Å². The Kier molecular flexibility index (Phi) is 2.93. The van der Waals surface area contributed by atoms with Crippen molar-refractivity contribution in [2.24, 2.45) is 0 Å². The smallest absolute Gasteiger partial charge is 0.345 e. The van der Waals surface area contributed by atoms with Gasteiger partial charge in [-0.2, -0.15) is 0 Å². The highest BCUT2D eigenvalue weighted by atomic mass is 32.1. The number of benzene rings is 1. The fourth-order valence-corrected chi connectivity index (χ4v) is 2.36. The van der Waals surface area contributed by atoms with Gasteiger partial charge in [-0.25, -0.2) is 13.6 Å². The quantitative estimate of drug-likeness (QED) is 0.887. The van der Waals surface area contributed by atoms with Crippen LogP contribution >= 0.6 is 11.3 Å². The highest BCUT2D eigenvalue weighted by molar-refractivity contribution is 7.17. The molecule has 0 bridgehead atoms. The van der Waals surface area contributed by atoms with Crippen LogP contribution in [0.2, 0.25) is 0 Å². The number of carboxylic acid groups (broad SMARTS) is 1. The van der Waals surface area contributed by atoms with Gasteiger partial charge >= 0.3 is 5.97 Å². The molecule has 2 aromatic rings. The minimum absolute atomic E-state index is 0.0558. The van der Waals surface area contributed by atoms with Gasteiger partial charge in [-0.15, -0.1) is 11.3 Å². The number of aromatic carboxylic acids is 1. The van der Waals surface area contributed by atoms with E-state index < -0.39 is 17.6 Å². The van der Waals surface area contributed by atoms with E-state index in [9.17, 15) is 13.6 Å². The average Bonchev–Trinajstić information content (AvgIpc) is 2.73. The maximum atomic E-state index is 13.8. The molecule has 0 radical (unpaired) electrons. The molecule has 1 aromatic heterocycles. The predicted octanol–water partition coefficient (Wildman–Crippen LogP) is 3.70. The van der Waals surface area contributed by atoms with Crippen molar-refractivity contribution >= 4 is 17.3 Å². The molecule has 17 heavy (non-hydrogen) atoms. The van der Waals surface area contributed by atoms with Crippen LogP contribution in [-0.4, -0.2) is 11.1 Å². The molecule has 0 aliphatic heterocycles. The molecule has 2 nitrogen and oxygen atoms in total. The van der Waals surface area contributed by atoms with Crippen LogP contribution in [0.4, 0.5) is 8.78 Å². The second-order valence-electron chi connectivity index (χ2n) is 3.52. The third kappa shape index (κ3) is 2.06. The predicted molar refractivity (Wildman–Crippen MR) is 61.4 cm³/mol. The molecule has 1 N–H and O–H groups in total. The Morgan fingerprint density at radius 2 is 1.94 bits per heavy atom. The summed E-state index contributed by atoms with van der Waals surface area (Å²) < 4.78 is 27.3. The van der Waals surface area contributed by atoms with Crippen molar-refractivity contribution in [1.29, 1.82) is 0 Å². The summed E-state index contributed by atoms with van der Waals surface area (Å²) in [7, 11) is 0. The lowest BCUT2D eigenvalue weighted by molar-refractivity contribution is 0.0702. The van der Waals surface area contributed by atoms with Gasteiger partial charge in [0.2, 0.25) is 0 Å². The van der Waals surface area contributed by atoms with Crippen molar-refractivity contribution in [2.45, 2.75) is 6.92 Å². The van der Waals surface area contributed by atoms with Crippen molar-refractivity contribution in [3.05, 3.63) is 46.3 Å². The fourth-order valence-electron chi connectivity index (χ4n) is 1.47. The number of rotatable bonds is 2. The van der Waals surface area contributed by atoms with Crippen LogP contribution in [-0.2, 0) is 0 Å². The molecule has 0 unspecified atom stereocenters.